The van der Waals surface area contributed by atoms with Gasteiger partial charge in [-0.15, -0.1) is 0 Å². The summed E-state index contributed by atoms with van der Waals surface area (Å²) in [4.78, 5) is 29.8. The summed E-state index contributed by atoms with van der Waals surface area (Å²) in [6.07, 6.45) is 0.346. The standard InChI is InChI=1S/C17H23N5OS.C2HF3O2/c1-13(23)22-16(9-21-12-18-11-19-21)6-15-8-20(4-2-17(15)22)7-14-3-5-24-10-14;3-2(4,5)1(6)7/h3,5,10-12,15-17H,2,4,6-9H2,1H3;(H,6,7)/t15-,16+,17+;/m1./s1. The van der Waals surface area contributed by atoms with E-state index >= 15 is 0 Å². The number of rotatable bonds is 4. The molecule has 2 aromatic heterocycles. The van der Waals surface area contributed by atoms with Gasteiger partial charge in [0.05, 0.1) is 12.6 Å². The predicted octanol–water partition coefficient (Wildman–Crippen LogP) is 2.48. The number of amides is 1. The lowest BCUT2D eigenvalue weighted by Crippen LogP contribution is -2.48. The third-order valence-electron chi connectivity index (χ3n) is 5.56. The zero-order valence-electron chi connectivity index (χ0n) is 16.9. The zero-order chi connectivity index (χ0) is 22.6. The molecule has 1 amide bonds. The summed E-state index contributed by atoms with van der Waals surface area (Å²) in [7, 11) is 0. The third-order valence-corrected chi connectivity index (χ3v) is 6.29. The van der Waals surface area contributed by atoms with E-state index in [4.69, 9.17) is 9.90 Å². The van der Waals surface area contributed by atoms with Crippen LogP contribution < -0.4 is 0 Å². The van der Waals surface area contributed by atoms with Crippen molar-refractivity contribution in [1.29, 1.82) is 0 Å². The van der Waals surface area contributed by atoms with E-state index in [9.17, 15) is 18.0 Å². The van der Waals surface area contributed by atoms with E-state index in [1.54, 1.807) is 30.9 Å². The number of fused-ring (bicyclic) bond motifs is 1. The number of aliphatic carboxylic acids is 1. The molecule has 0 bridgehead atoms. The molecule has 2 aliphatic rings. The average Bonchev–Trinajstić information content (AvgIpc) is 3.42. The lowest BCUT2D eigenvalue weighted by atomic mass is 9.92. The first-order valence-electron chi connectivity index (χ1n) is 9.80. The van der Waals surface area contributed by atoms with Crippen LogP contribution in [-0.4, -0.2) is 72.9 Å². The number of likely N-dealkylation sites (tertiary alicyclic amines) is 2. The number of carboxylic acids is 1. The lowest BCUT2D eigenvalue weighted by Gasteiger charge is -2.38. The van der Waals surface area contributed by atoms with E-state index in [0.29, 0.717) is 12.0 Å². The highest BCUT2D eigenvalue weighted by Crippen LogP contribution is 2.36. The largest absolute Gasteiger partial charge is 0.490 e. The fourth-order valence-corrected chi connectivity index (χ4v) is 5.07. The molecule has 0 aliphatic carbocycles. The molecule has 2 aromatic rings. The molecular weight excluding hydrogens is 435 g/mol. The first-order chi connectivity index (χ1) is 14.6. The number of halogens is 3. The minimum atomic E-state index is -5.08. The van der Waals surface area contributed by atoms with Gasteiger partial charge in [-0.25, -0.2) is 9.78 Å². The van der Waals surface area contributed by atoms with E-state index in [2.05, 4.69) is 36.7 Å². The molecule has 0 saturated carbocycles. The number of carboxylic acid groups (broad SMARTS) is 1. The van der Waals surface area contributed by atoms with Crippen molar-refractivity contribution < 1.29 is 27.9 Å². The summed E-state index contributed by atoms with van der Waals surface area (Å²) < 4.78 is 33.6. The van der Waals surface area contributed by atoms with Crippen LogP contribution in [0.1, 0.15) is 25.3 Å². The van der Waals surface area contributed by atoms with Gasteiger partial charge in [-0.2, -0.15) is 29.6 Å². The van der Waals surface area contributed by atoms with Crippen molar-refractivity contribution in [3.05, 3.63) is 35.0 Å². The summed E-state index contributed by atoms with van der Waals surface area (Å²) >= 11 is 1.76. The lowest BCUT2D eigenvalue weighted by molar-refractivity contribution is -0.192. The van der Waals surface area contributed by atoms with E-state index in [0.717, 1.165) is 39.0 Å². The third kappa shape index (κ3) is 6.03. The van der Waals surface area contributed by atoms with Crippen LogP contribution in [0.25, 0.3) is 0 Å². The maximum atomic E-state index is 12.2. The number of piperidine rings is 1. The van der Waals surface area contributed by atoms with Crippen molar-refractivity contribution in [2.24, 2.45) is 5.92 Å². The topological polar surface area (TPSA) is 91.6 Å². The van der Waals surface area contributed by atoms with Crippen LogP contribution in [0.5, 0.6) is 0 Å². The molecular formula is C19H24F3N5O3S. The second-order valence-corrected chi connectivity index (χ2v) is 8.50. The monoisotopic (exact) mass is 459 g/mol. The molecule has 31 heavy (non-hydrogen) atoms. The number of aromatic nitrogens is 3. The van der Waals surface area contributed by atoms with E-state index in [1.807, 2.05) is 4.68 Å². The molecule has 1 N–H and O–H groups in total. The van der Waals surface area contributed by atoms with Gasteiger partial charge in [0.25, 0.3) is 0 Å². The fourth-order valence-electron chi connectivity index (χ4n) is 4.41. The van der Waals surface area contributed by atoms with Crippen LogP contribution in [0.15, 0.2) is 29.5 Å². The molecule has 2 fully saturated rings. The molecule has 4 heterocycles. The molecule has 170 valence electrons. The van der Waals surface area contributed by atoms with Crippen molar-refractivity contribution >= 4 is 23.2 Å². The summed E-state index contributed by atoms with van der Waals surface area (Å²) in [5.41, 5.74) is 1.40. The first-order valence-corrected chi connectivity index (χ1v) is 10.7. The number of hydrogen-bond donors (Lipinski definition) is 1. The Bertz CT molecular complexity index is 860. The smallest absolute Gasteiger partial charge is 0.475 e. The van der Waals surface area contributed by atoms with Gasteiger partial charge in [-0.1, -0.05) is 0 Å². The Morgan fingerprint density at radius 2 is 2.10 bits per heavy atom. The van der Waals surface area contributed by atoms with Gasteiger partial charge in [-0.05, 0) is 41.1 Å². The molecule has 2 saturated heterocycles. The highest BCUT2D eigenvalue weighted by Gasteiger charge is 2.45. The second kappa shape index (κ2) is 9.77. The van der Waals surface area contributed by atoms with E-state index < -0.39 is 12.1 Å². The first kappa shape index (κ1) is 23.2. The molecule has 0 radical (unpaired) electrons. The molecule has 4 rings (SSSR count). The average molecular weight is 459 g/mol. The Kier molecular flexibility index (Phi) is 7.31. The van der Waals surface area contributed by atoms with Crippen molar-refractivity contribution in [3.63, 3.8) is 0 Å². The minimum Gasteiger partial charge on any atom is -0.475 e. The Morgan fingerprint density at radius 3 is 2.65 bits per heavy atom. The van der Waals surface area contributed by atoms with E-state index in [1.165, 1.54) is 5.56 Å². The van der Waals surface area contributed by atoms with Gasteiger partial charge in [0, 0.05) is 32.6 Å². The van der Waals surface area contributed by atoms with Crippen molar-refractivity contribution in [1.82, 2.24) is 24.6 Å². The quantitative estimate of drug-likeness (QED) is 0.756. The Morgan fingerprint density at radius 1 is 1.35 bits per heavy atom. The molecule has 0 aromatic carbocycles. The van der Waals surface area contributed by atoms with Crippen LogP contribution in [0.3, 0.4) is 0 Å². The maximum Gasteiger partial charge on any atom is 0.490 e. The molecule has 12 heteroatoms. The van der Waals surface area contributed by atoms with E-state index in [-0.39, 0.29) is 11.9 Å². The van der Waals surface area contributed by atoms with Gasteiger partial charge < -0.3 is 10.0 Å². The van der Waals surface area contributed by atoms with Gasteiger partial charge in [0.15, 0.2) is 0 Å². The highest BCUT2D eigenvalue weighted by molar-refractivity contribution is 7.07. The van der Waals surface area contributed by atoms with Gasteiger partial charge in [-0.3, -0.25) is 14.4 Å². The summed E-state index contributed by atoms with van der Waals surface area (Å²) in [5.74, 6) is -2.00. The molecule has 0 unspecified atom stereocenters. The fraction of sp³-hybridized carbons (Fsp3) is 0.579. The molecule has 2 aliphatic heterocycles. The number of carbonyl (C=O) groups excluding carboxylic acids is 1. The maximum absolute atomic E-state index is 12.2. The number of nitrogens with zero attached hydrogens (tertiary/aromatic N) is 5. The Labute approximate surface area is 181 Å². The number of alkyl halides is 3. The van der Waals surface area contributed by atoms with Crippen LogP contribution >= 0.6 is 11.3 Å². The van der Waals surface area contributed by atoms with Crippen molar-refractivity contribution in [2.75, 3.05) is 13.1 Å². The van der Waals surface area contributed by atoms with Gasteiger partial charge in [0.1, 0.15) is 12.7 Å². The van der Waals surface area contributed by atoms with Crippen molar-refractivity contribution in [2.45, 2.75) is 51.1 Å². The number of carbonyl (C=O) groups is 2. The second-order valence-electron chi connectivity index (χ2n) is 7.72. The van der Waals surface area contributed by atoms with Crippen LogP contribution in [0.4, 0.5) is 13.2 Å². The van der Waals surface area contributed by atoms with Crippen LogP contribution in [-0.2, 0) is 22.7 Å². The highest BCUT2D eigenvalue weighted by atomic mass is 32.1. The van der Waals surface area contributed by atoms with Crippen LogP contribution in [0, 0.1) is 5.92 Å². The SMILES string of the molecule is CC(=O)N1[C@H](Cn2cncn2)C[C@@H]2CN(Cc3ccsc3)CC[C@@H]21.O=C(O)C(F)(F)F. The van der Waals surface area contributed by atoms with Gasteiger partial charge in [0.2, 0.25) is 5.91 Å². The molecule has 8 nitrogen and oxygen atoms in total. The summed E-state index contributed by atoms with van der Waals surface area (Å²) in [6, 6.07) is 2.83. The minimum absolute atomic E-state index is 0.193. The van der Waals surface area contributed by atoms with Crippen LogP contribution in [0.2, 0.25) is 0 Å². The summed E-state index contributed by atoms with van der Waals surface area (Å²) in [6.45, 7) is 5.63. The Hall–Kier alpha value is -2.47. The predicted molar refractivity (Wildman–Crippen MR) is 106 cm³/mol. The number of hydrogen-bond acceptors (Lipinski definition) is 6. The Balaban J connectivity index is 0.000000339. The summed E-state index contributed by atoms with van der Waals surface area (Å²) in [5, 5.41) is 15.7. The zero-order valence-corrected chi connectivity index (χ0v) is 17.7. The molecule has 3 atom stereocenters. The number of thiophene rings is 1. The normalized spacial score (nSPS) is 23.7. The van der Waals surface area contributed by atoms with Gasteiger partial charge >= 0.3 is 12.1 Å². The molecule has 0 spiro atoms. The van der Waals surface area contributed by atoms with Crippen molar-refractivity contribution in [3.8, 4) is 0 Å².